The molecule has 76 valence electrons. The Labute approximate surface area is 94.3 Å². The van der Waals surface area contributed by atoms with Crippen LogP contribution in [0.3, 0.4) is 0 Å². The Morgan fingerprint density at radius 1 is 1.27 bits per heavy atom. The van der Waals surface area contributed by atoms with E-state index in [-0.39, 0.29) is 11.3 Å². The van der Waals surface area contributed by atoms with Gasteiger partial charge < -0.3 is 4.98 Å². The fraction of sp³-hybridized carbons (Fsp3) is 0. The zero-order valence-electron chi connectivity index (χ0n) is 7.63. The van der Waals surface area contributed by atoms with Crippen molar-refractivity contribution in [1.82, 2.24) is 4.98 Å². The molecule has 1 aromatic carbocycles. The summed E-state index contributed by atoms with van der Waals surface area (Å²) in [5.41, 5.74) is 0.431. The van der Waals surface area contributed by atoms with Gasteiger partial charge in [-0.3, -0.25) is 4.79 Å². The van der Waals surface area contributed by atoms with E-state index >= 15 is 0 Å². The molecule has 1 heterocycles. The predicted molar refractivity (Wildman–Crippen MR) is 58.3 cm³/mol. The summed E-state index contributed by atoms with van der Waals surface area (Å²) in [6, 6.07) is 7.76. The maximum Gasteiger partial charge on any atom is 0.213 e. The zero-order valence-corrected chi connectivity index (χ0v) is 9.21. The molecule has 0 spiro atoms. The normalized spacial score (nSPS) is 10.3. The molecule has 0 saturated carbocycles. The van der Waals surface area contributed by atoms with Crippen LogP contribution in [0.2, 0.25) is 0 Å². The minimum atomic E-state index is -0.524. The summed E-state index contributed by atoms with van der Waals surface area (Å²) in [5.74, 6) is -0.881. The molecular weight excluding hydrogens is 261 g/mol. The lowest BCUT2D eigenvalue weighted by atomic mass is 10.1. The van der Waals surface area contributed by atoms with Crippen LogP contribution < -0.4 is 0 Å². The summed E-state index contributed by atoms with van der Waals surface area (Å²) >= 11 is 3.16. The minimum absolute atomic E-state index is 0.0555. The lowest BCUT2D eigenvalue weighted by molar-refractivity contribution is 0.103. The lowest BCUT2D eigenvalue weighted by Gasteiger charge is -2.03. The number of carbonyl (C=O) groups is 1. The van der Waals surface area contributed by atoms with Gasteiger partial charge in [-0.2, -0.15) is 0 Å². The number of aromatic nitrogens is 1. The number of ketones is 1. The summed E-state index contributed by atoms with van der Waals surface area (Å²) < 4.78 is 13.9. The standard InChI is InChI=1S/C11H7BrFNO/c12-7-3-1-4-8(13)10(7)11(15)9-5-2-6-14-9/h1-6,14H. The first-order chi connectivity index (χ1) is 7.20. The van der Waals surface area contributed by atoms with Crippen molar-refractivity contribution in [3.8, 4) is 0 Å². The molecule has 0 aliphatic carbocycles. The van der Waals surface area contributed by atoms with Gasteiger partial charge in [0.1, 0.15) is 5.82 Å². The summed E-state index contributed by atoms with van der Waals surface area (Å²) in [6.07, 6.45) is 1.63. The molecule has 0 amide bonds. The van der Waals surface area contributed by atoms with Crippen molar-refractivity contribution < 1.29 is 9.18 Å². The molecule has 4 heteroatoms. The highest BCUT2D eigenvalue weighted by Gasteiger charge is 2.17. The smallest absolute Gasteiger partial charge is 0.213 e. The van der Waals surface area contributed by atoms with Gasteiger partial charge in [-0.1, -0.05) is 6.07 Å². The van der Waals surface area contributed by atoms with E-state index in [2.05, 4.69) is 20.9 Å². The maximum atomic E-state index is 13.4. The van der Waals surface area contributed by atoms with Crippen LogP contribution in [-0.4, -0.2) is 10.8 Å². The van der Waals surface area contributed by atoms with Gasteiger partial charge in [0.25, 0.3) is 0 Å². The van der Waals surface area contributed by atoms with Crippen LogP contribution >= 0.6 is 15.9 Å². The number of aromatic amines is 1. The first-order valence-electron chi connectivity index (χ1n) is 4.32. The van der Waals surface area contributed by atoms with Crippen molar-refractivity contribution in [3.05, 3.63) is 58.1 Å². The molecule has 0 fully saturated rings. The average Bonchev–Trinajstić information content (AvgIpc) is 2.69. The molecule has 0 atom stereocenters. The Bertz CT molecular complexity index is 473. The van der Waals surface area contributed by atoms with Crippen molar-refractivity contribution >= 4 is 21.7 Å². The third-order valence-electron chi connectivity index (χ3n) is 2.03. The molecule has 0 aliphatic heterocycles. The molecule has 15 heavy (non-hydrogen) atoms. The highest BCUT2D eigenvalue weighted by Crippen LogP contribution is 2.22. The van der Waals surface area contributed by atoms with Crippen LogP contribution in [0.1, 0.15) is 16.1 Å². The largest absolute Gasteiger partial charge is 0.359 e. The highest BCUT2D eigenvalue weighted by molar-refractivity contribution is 9.10. The third kappa shape index (κ3) is 1.85. The predicted octanol–water partition coefficient (Wildman–Crippen LogP) is 3.15. The molecule has 0 aliphatic rings. The first kappa shape index (κ1) is 10.1. The number of benzene rings is 1. The Morgan fingerprint density at radius 2 is 2.07 bits per heavy atom. The Balaban J connectivity index is 2.51. The van der Waals surface area contributed by atoms with Crippen molar-refractivity contribution in [2.45, 2.75) is 0 Å². The van der Waals surface area contributed by atoms with Crippen LogP contribution in [0.25, 0.3) is 0 Å². The summed E-state index contributed by atoms with van der Waals surface area (Å²) in [5, 5.41) is 0. The van der Waals surface area contributed by atoms with Crippen LogP contribution in [-0.2, 0) is 0 Å². The highest BCUT2D eigenvalue weighted by atomic mass is 79.9. The molecule has 1 aromatic heterocycles. The van der Waals surface area contributed by atoms with Gasteiger partial charge in [0.15, 0.2) is 0 Å². The molecular formula is C11H7BrFNO. The van der Waals surface area contributed by atoms with Gasteiger partial charge in [0.05, 0.1) is 11.3 Å². The number of H-pyrrole nitrogens is 1. The molecule has 2 nitrogen and oxygen atoms in total. The quantitative estimate of drug-likeness (QED) is 0.834. The maximum absolute atomic E-state index is 13.4. The van der Waals surface area contributed by atoms with Crippen molar-refractivity contribution in [1.29, 1.82) is 0 Å². The van der Waals surface area contributed by atoms with Crippen molar-refractivity contribution in [2.75, 3.05) is 0 Å². The van der Waals surface area contributed by atoms with Crippen molar-refractivity contribution in [2.24, 2.45) is 0 Å². The second kappa shape index (κ2) is 3.98. The zero-order chi connectivity index (χ0) is 10.8. The van der Waals surface area contributed by atoms with Crippen LogP contribution in [0.5, 0.6) is 0 Å². The molecule has 2 aromatic rings. The van der Waals surface area contributed by atoms with Crippen molar-refractivity contribution in [3.63, 3.8) is 0 Å². The molecule has 0 radical (unpaired) electrons. The Morgan fingerprint density at radius 3 is 2.67 bits per heavy atom. The van der Waals surface area contributed by atoms with Crippen LogP contribution in [0, 0.1) is 5.82 Å². The fourth-order valence-corrected chi connectivity index (χ4v) is 1.84. The first-order valence-corrected chi connectivity index (χ1v) is 5.11. The summed E-state index contributed by atoms with van der Waals surface area (Å²) in [4.78, 5) is 14.6. The summed E-state index contributed by atoms with van der Waals surface area (Å²) in [7, 11) is 0. The van der Waals surface area contributed by atoms with E-state index in [1.54, 1.807) is 30.5 Å². The monoisotopic (exact) mass is 267 g/mol. The number of hydrogen-bond donors (Lipinski definition) is 1. The number of nitrogens with one attached hydrogen (secondary N) is 1. The van der Waals surface area contributed by atoms with Crippen LogP contribution in [0.15, 0.2) is 41.0 Å². The summed E-state index contributed by atoms with van der Waals surface area (Å²) in [6.45, 7) is 0. The number of carbonyl (C=O) groups excluding carboxylic acids is 1. The van der Waals surface area contributed by atoms with Crippen LogP contribution in [0.4, 0.5) is 4.39 Å². The van der Waals surface area contributed by atoms with E-state index in [9.17, 15) is 9.18 Å². The van der Waals surface area contributed by atoms with E-state index in [1.165, 1.54) is 6.07 Å². The second-order valence-corrected chi connectivity index (χ2v) is 3.86. The Hall–Kier alpha value is -1.42. The topological polar surface area (TPSA) is 32.9 Å². The number of hydrogen-bond acceptors (Lipinski definition) is 1. The minimum Gasteiger partial charge on any atom is -0.359 e. The third-order valence-corrected chi connectivity index (χ3v) is 2.69. The average molecular weight is 268 g/mol. The fourth-order valence-electron chi connectivity index (χ4n) is 1.32. The van der Waals surface area contributed by atoms with E-state index in [1.807, 2.05) is 0 Å². The van der Waals surface area contributed by atoms with Gasteiger partial charge in [-0.15, -0.1) is 0 Å². The van der Waals surface area contributed by atoms with Gasteiger partial charge >= 0.3 is 0 Å². The molecule has 0 saturated heterocycles. The number of rotatable bonds is 2. The van der Waals surface area contributed by atoms with Gasteiger partial charge in [-0.25, -0.2) is 4.39 Å². The van der Waals surface area contributed by atoms with E-state index < -0.39 is 5.82 Å². The number of halogens is 2. The van der Waals surface area contributed by atoms with E-state index in [4.69, 9.17) is 0 Å². The molecule has 0 bridgehead atoms. The SMILES string of the molecule is O=C(c1ccc[nH]1)c1c(F)cccc1Br. The molecule has 1 N–H and O–H groups in total. The van der Waals surface area contributed by atoms with Gasteiger partial charge in [-0.05, 0) is 40.2 Å². The molecule has 0 unspecified atom stereocenters. The second-order valence-electron chi connectivity index (χ2n) is 3.01. The molecule has 2 rings (SSSR count). The lowest BCUT2D eigenvalue weighted by Crippen LogP contribution is -2.05. The van der Waals surface area contributed by atoms with Gasteiger partial charge in [0, 0.05) is 10.7 Å². The van der Waals surface area contributed by atoms with E-state index in [0.29, 0.717) is 10.2 Å². The van der Waals surface area contributed by atoms with Gasteiger partial charge in [0.2, 0.25) is 5.78 Å². The van der Waals surface area contributed by atoms with E-state index in [0.717, 1.165) is 0 Å². The Kier molecular flexibility index (Phi) is 2.68.